The van der Waals surface area contributed by atoms with Crippen LogP contribution >= 0.6 is 11.3 Å². The molecule has 4 heteroatoms. The van der Waals surface area contributed by atoms with Gasteiger partial charge in [0, 0.05) is 26.1 Å². The van der Waals surface area contributed by atoms with Crippen molar-refractivity contribution in [1.29, 1.82) is 0 Å². The van der Waals surface area contributed by atoms with E-state index in [2.05, 4.69) is 84.2 Å². The molecule has 0 radical (unpaired) electrons. The van der Waals surface area contributed by atoms with Gasteiger partial charge in [-0.1, -0.05) is 52.8 Å². The Kier molecular flexibility index (Phi) is 5.26. The smallest absolute Gasteiger partial charge is 0.157 e. The van der Waals surface area contributed by atoms with E-state index in [-0.39, 0.29) is 5.41 Å². The van der Waals surface area contributed by atoms with Crippen LogP contribution in [0.3, 0.4) is 0 Å². The van der Waals surface area contributed by atoms with Crippen LogP contribution in [0.4, 0.5) is 0 Å². The number of imidazole rings is 1. The van der Waals surface area contributed by atoms with Crippen molar-refractivity contribution in [2.45, 2.75) is 79.6 Å². The van der Waals surface area contributed by atoms with Gasteiger partial charge in [0.25, 0.3) is 0 Å². The summed E-state index contributed by atoms with van der Waals surface area (Å²) in [5.74, 6) is 0.511. The van der Waals surface area contributed by atoms with Gasteiger partial charge in [-0.3, -0.25) is 0 Å². The zero-order valence-electron chi connectivity index (χ0n) is 19.6. The predicted octanol–water partition coefficient (Wildman–Crippen LogP) is 7.74. The molecule has 30 heavy (non-hydrogen) atoms. The summed E-state index contributed by atoms with van der Waals surface area (Å²) in [4.78, 5) is 6.38. The monoisotopic (exact) mass is 419 g/mol. The van der Waals surface area contributed by atoms with E-state index < -0.39 is 0 Å². The first kappa shape index (κ1) is 21.0. The maximum atomic E-state index is 5.05. The highest BCUT2D eigenvalue weighted by molar-refractivity contribution is 7.19. The first-order chi connectivity index (χ1) is 14.2. The molecule has 0 bridgehead atoms. The van der Waals surface area contributed by atoms with Crippen LogP contribution in [0.5, 0.6) is 0 Å². The molecule has 0 aliphatic heterocycles. The molecule has 3 heterocycles. The molecule has 3 nitrogen and oxygen atoms in total. The minimum absolute atomic E-state index is 0.111. The average Bonchev–Trinajstić information content (AvgIpc) is 3.16. The third-order valence-corrected chi connectivity index (χ3v) is 7.43. The van der Waals surface area contributed by atoms with Crippen LogP contribution in [0, 0.1) is 20.8 Å². The lowest BCUT2D eigenvalue weighted by atomic mass is 9.86. The Morgan fingerprint density at radius 3 is 2.40 bits per heavy atom. The van der Waals surface area contributed by atoms with Gasteiger partial charge in [0.2, 0.25) is 0 Å². The number of nitrogens with zero attached hydrogens (tertiary/aromatic N) is 3. The normalized spacial score (nSPS) is 12.6. The number of thiophene rings is 1. The number of hydrogen-bond acceptors (Lipinski definition) is 3. The predicted molar refractivity (Wildman–Crippen MR) is 130 cm³/mol. The molecule has 0 fully saturated rings. The standard InChI is InChI=1S/C26H33N3S/c1-9-18(10-2)20-14-15(3)28-29-23(16(4)27-25(20)29)22-17(5)30-24-19(22)12-11-13-21(24)26(6,7)8/h11-14,18H,9-10H2,1-8H3. The fourth-order valence-electron chi connectivity index (χ4n) is 4.72. The summed E-state index contributed by atoms with van der Waals surface area (Å²) >= 11 is 1.90. The number of aromatic nitrogens is 3. The van der Waals surface area contributed by atoms with E-state index in [4.69, 9.17) is 10.1 Å². The van der Waals surface area contributed by atoms with E-state index in [1.165, 1.54) is 31.7 Å². The fraction of sp³-hybridized carbons (Fsp3) is 0.462. The summed E-state index contributed by atoms with van der Waals surface area (Å²) in [6.45, 7) is 17.9. The number of aryl methyl sites for hydroxylation is 3. The van der Waals surface area contributed by atoms with Crippen molar-refractivity contribution in [2.75, 3.05) is 0 Å². The van der Waals surface area contributed by atoms with Crippen molar-refractivity contribution >= 4 is 27.1 Å². The molecule has 0 saturated heterocycles. The van der Waals surface area contributed by atoms with Gasteiger partial charge in [-0.2, -0.15) is 5.10 Å². The van der Waals surface area contributed by atoms with Gasteiger partial charge < -0.3 is 0 Å². The van der Waals surface area contributed by atoms with Crippen LogP contribution in [0.2, 0.25) is 0 Å². The SMILES string of the molecule is CCC(CC)c1cc(C)nn2c(-c3c(C)sc4c(C(C)(C)C)cccc34)c(C)nc12. The highest BCUT2D eigenvalue weighted by Gasteiger charge is 2.25. The third-order valence-electron chi connectivity index (χ3n) is 6.27. The maximum absolute atomic E-state index is 5.05. The van der Waals surface area contributed by atoms with E-state index in [1.54, 1.807) is 0 Å². The second kappa shape index (κ2) is 7.49. The highest BCUT2D eigenvalue weighted by Crippen LogP contribution is 2.44. The molecule has 158 valence electrons. The minimum atomic E-state index is 0.111. The number of benzene rings is 1. The molecule has 0 atom stereocenters. The lowest BCUT2D eigenvalue weighted by Crippen LogP contribution is -2.10. The van der Waals surface area contributed by atoms with E-state index in [0.717, 1.165) is 35.6 Å². The van der Waals surface area contributed by atoms with Crippen LogP contribution in [-0.2, 0) is 5.41 Å². The van der Waals surface area contributed by atoms with Crippen LogP contribution < -0.4 is 0 Å². The number of rotatable bonds is 4. The molecule has 1 aromatic carbocycles. The van der Waals surface area contributed by atoms with Crippen LogP contribution in [-0.4, -0.2) is 14.6 Å². The quantitative estimate of drug-likeness (QED) is 0.339. The summed E-state index contributed by atoms with van der Waals surface area (Å²) in [7, 11) is 0. The highest BCUT2D eigenvalue weighted by atomic mass is 32.1. The maximum Gasteiger partial charge on any atom is 0.157 e. The first-order valence-electron chi connectivity index (χ1n) is 11.1. The van der Waals surface area contributed by atoms with Crippen molar-refractivity contribution in [1.82, 2.24) is 14.6 Å². The molecule has 0 N–H and O–H groups in total. The average molecular weight is 420 g/mol. The van der Waals surface area contributed by atoms with Gasteiger partial charge in [0.05, 0.1) is 17.1 Å². The van der Waals surface area contributed by atoms with Crippen LogP contribution in [0.15, 0.2) is 24.3 Å². The minimum Gasteiger partial charge on any atom is -0.231 e. The number of hydrogen-bond donors (Lipinski definition) is 0. The van der Waals surface area contributed by atoms with Crippen LogP contribution in [0.25, 0.3) is 27.0 Å². The molecule has 4 rings (SSSR count). The van der Waals surface area contributed by atoms with Gasteiger partial charge in [-0.25, -0.2) is 9.50 Å². The Morgan fingerprint density at radius 1 is 1.07 bits per heavy atom. The van der Waals surface area contributed by atoms with Crippen molar-refractivity contribution in [3.05, 3.63) is 51.7 Å². The Bertz CT molecular complexity index is 1230. The fourth-order valence-corrected chi connectivity index (χ4v) is 6.10. The molecule has 3 aromatic heterocycles. The number of fused-ring (bicyclic) bond motifs is 2. The third kappa shape index (κ3) is 3.26. The second-order valence-corrected chi connectivity index (χ2v) is 10.7. The van der Waals surface area contributed by atoms with E-state index in [0.29, 0.717) is 5.92 Å². The molecule has 0 saturated carbocycles. The van der Waals surface area contributed by atoms with Gasteiger partial charge in [0.15, 0.2) is 5.65 Å². The van der Waals surface area contributed by atoms with E-state index in [9.17, 15) is 0 Å². The molecule has 0 amide bonds. The molecule has 0 spiro atoms. The van der Waals surface area contributed by atoms with E-state index in [1.807, 2.05) is 11.3 Å². The van der Waals surface area contributed by atoms with Crippen molar-refractivity contribution in [2.24, 2.45) is 0 Å². The second-order valence-electron chi connectivity index (χ2n) is 9.50. The Balaban J connectivity index is 2.07. The van der Waals surface area contributed by atoms with Gasteiger partial charge in [-0.15, -0.1) is 11.3 Å². The van der Waals surface area contributed by atoms with Gasteiger partial charge >= 0.3 is 0 Å². The molecule has 0 aliphatic rings. The molecule has 0 unspecified atom stereocenters. The van der Waals surface area contributed by atoms with Gasteiger partial charge in [0.1, 0.15) is 0 Å². The molecular formula is C26H33N3S. The largest absolute Gasteiger partial charge is 0.231 e. The topological polar surface area (TPSA) is 30.2 Å². The molecule has 0 aliphatic carbocycles. The lowest BCUT2D eigenvalue weighted by Gasteiger charge is -2.19. The Labute approximate surface area is 184 Å². The Hall–Kier alpha value is -2.20. The summed E-state index contributed by atoms with van der Waals surface area (Å²) in [6, 6.07) is 8.97. The first-order valence-corrected chi connectivity index (χ1v) is 11.9. The summed E-state index contributed by atoms with van der Waals surface area (Å²) < 4.78 is 3.51. The van der Waals surface area contributed by atoms with Crippen molar-refractivity contribution < 1.29 is 0 Å². The zero-order chi connectivity index (χ0) is 21.8. The van der Waals surface area contributed by atoms with Gasteiger partial charge in [-0.05, 0) is 56.6 Å². The Morgan fingerprint density at radius 2 is 1.77 bits per heavy atom. The summed E-state index contributed by atoms with van der Waals surface area (Å²) in [5, 5.41) is 6.26. The summed E-state index contributed by atoms with van der Waals surface area (Å²) in [5.41, 5.74) is 8.42. The lowest BCUT2D eigenvalue weighted by molar-refractivity contribution is 0.597. The van der Waals surface area contributed by atoms with Crippen LogP contribution in [0.1, 0.15) is 80.8 Å². The zero-order valence-corrected chi connectivity index (χ0v) is 20.4. The molecule has 4 aromatic rings. The molecular weight excluding hydrogens is 386 g/mol. The van der Waals surface area contributed by atoms with Crippen molar-refractivity contribution in [3.8, 4) is 11.3 Å². The van der Waals surface area contributed by atoms with E-state index >= 15 is 0 Å². The summed E-state index contributed by atoms with van der Waals surface area (Å²) in [6.07, 6.45) is 2.23. The van der Waals surface area contributed by atoms with Crippen molar-refractivity contribution in [3.63, 3.8) is 0 Å².